The molecule has 2 aromatic rings. The van der Waals surface area contributed by atoms with Crippen LogP contribution < -0.4 is 10.6 Å². The van der Waals surface area contributed by atoms with Crippen LogP contribution in [-0.4, -0.2) is 18.2 Å². The smallest absolute Gasteiger partial charge is 0.225 e. The lowest BCUT2D eigenvalue weighted by Gasteiger charge is -2.07. The molecule has 5 heteroatoms. The van der Waals surface area contributed by atoms with Crippen molar-refractivity contribution in [1.82, 2.24) is 5.32 Å². The van der Waals surface area contributed by atoms with Gasteiger partial charge in [0.1, 0.15) is 5.76 Å². The zero-order valence-corrected chi connectivity index (χ0v) is 11.9. The van der Waals surface area contributed by atoms with Crippen molar-refractivity contribution in [3.05, 3.63) is 54.0 Å². The van der Waals surface area contributed by atoms with Crippen LogP contribution in [0.2, 0.25) is 0 Å². The van der Waals surface area contributed by atoms with E-state index in [2.05, 4.69) is 10.6 Å². The number of nitrogens with one attached hydrogen (secondary N) is 2. The first-order valence-corrected chi connectivity index (χ1v) is 6.79. The average molecular weight is 286 g/mol. The number of benzene rings is 1. The largest absolute Gasteiger partial charge is 0.468 e. The van der Waals surface area contributed by atoms with Gasteiger partial charge in [0.2, 0.25) is 5.91 Å². The van der Waals surface area contributed by atoms with Crippen molar-refractivity contribution in [1.29, 1.82) is 0 Å². The van der Waals surface area contributed by atoms with Crippen molar-refractivity contribution in [3.8, 4) is 0 Å². The minimum Gasteiger partial charge on any atom is -0.468 e. The Labute approximate surface area is 123 Å². The van der Waals surface area contributed by atoms with Gasteiger partial charge in [-0.1, -0.05) is 12.1 Å². The second-order valence-corrected chi connectivity index (χ2v) is 4.69. The van der Waals surface area contributed by atoms with Crippen LogP contribution in [0.1, 0.15) is 29.5 Å². The molecule has 0 saturated carbocycles. The quantitative estimate of drug-likeness (QED) is 0.606. The number of ketones is 1. The fourth-order valence-corrected chi connectivity index (χ4v) is 1.87. The summed E-state index contributed by atoms with van der Waals surface area (Å²) >= 11 is 0. The molecule has 2 rings (SSSR count). The Hall–Kier alpha value is -2.40. The van der Waals surface area contributed by atoms with Crippen LogP contribution in [0.3, 0.4) is 0 Å². The summed E-state index contributed by atoms with van der Waals surface area (Å²) in [5.74, 6) is 0.721. The van der Waals surface area contributed by atoms with E-state index < -0.39 is 0 Å². The first-order chi connectivity index (χ1) is 10.1. The van der Waals surface area contributed by atoms with Crippen molar-refractivity contribution in [2.75, 3.05) is 11.9 Å². The van der Waals surface area contributed by atoms with Gasteiger partial charge in [0.15, 0.2) is 5.78 Å². The molecule has 21 heavy (non-hydrogen) atoms. The standard InChI is InChI=1S/C16H18N2O3/c1-12(19)13-4-2-5-14(10-13)18-16(20)7-8-17-11-15-6-3-9-21-15/h2-6,9-10,17H,7-8,11H2,1H3,(H,18,20). The molecule has 110 valence electrons. The molecule has 0 spiro atoms. The van der Waals surface area contributed by atoms with Gasteiger partial charge in [0.25, 0.3) is 0 Å². The van der Waals surface area contributed by atoms with E-state index in [0.717, 1.165) is 5.76 Å². The zero-order valence-electron chi connectivity index (χ0n) is 11.9. The van der Waals surface area contributed by atoms with Crippen LogP contribution in [0.25, 0.3) is 0 Å². The SMILES string of the molecule is CC(=O)c1cccc(NC(=O)CCNCc2ccco2)c1. The van der Waals surface area contributed by atoms with Crippen molar-refractivity contribution in [2.24, 2.45) is 0 Å². The maximum Gasteiger partial charge on any atom is 0.225 e. The Morgan fingerprint density at radius 1 is 1.19 bits per heavy atom. The Bertz CT molecular complexity index is 606. The van der Waals surface area contributed by atoms with Gasteiger partial charge in [0.05, 0.1) is 12.8 Å². The van der Waals surface area contributed by atoms with Crippen molar-refractivity contribution >= 4 is 17.4 Å². The number of hydrogen-bond acceptors (Lipinski definition) is 4. The van der Waals surface area contributed by atoms with Crippen LogP contribution >= 0.6 is 0 Å². The highest BCUT2D eigenvalue weighted by Gasteiger charge is 2.05. The molecule has 0 atom stereocenters. The maximum absolute atomic E-state index is 11.8. The molecule has 0 aliphatic heterocycles. The van der Waals surface area contributed by atoms with Crippen LogP contribution in [0.5, 0.6) is 0 Å². The topological polar surface area (TPSA) is 71.3 Å². The van der Waals surface area contributed by atoms with Gasteiger partial charge in [-0.15, -0.1) is 0 Å². The lowest BCUT2D eigenvalue weighted by atomic mass is 10.1. The molecule has 1 heterocycles. The zero-order chi connectivity index (χ0) is 15.1. The molecule has 1 aromatic heterocycles. The number of amides is 1. The van der Waals surface area contributed by atoms with E-state index in [1.165, 1.54) is 6.92 Å². The summed E-state index contributed by atoms with van der Waals surface area (Å²) in [7, 11) is 0. The highest BCUT2D eigenvalue weighted by molar-refractivity contribution is 5.97. The molecule has 0 unspecified atom stereocenters. The van der Waals surface area contributed by atoms with E-state index >= 15 is 0 Å². The fourth-order valence-electron chi connectivity index (χ4n) is 1.87. The molecule has 0 aliphatic rings. The number of furan rings is 1. The van der Waals surface area contributed by atoms with E-state index in [1.54, 1.807) is 30.5 Å². The molecular weight excluding hydrogens is 268 g/mol. The second kappa shape index (κ2) is 7.40. The van der Waals surface area contributed by atoms with E-state index in [-0.39, 0.29) is 11.7 Å². The molecule has 1 aromatic carbocycles. The summed E-state index contributed by atoms with van der Waals surface area (Å²) in [6.07, 6.45) is 1.97. The molecule has 0 saturated heterocycles. The van der Waals surface area contributed by atoms with Crippen molar-refractivity contribution < 1.29 is 14.0 Å². The van der Waals surface area contributed by atoms with Crippen LogP contribution in [0.4, 0.5) is 5.69 Å². The molecule has 0 aliphatic carbocycles. The third kappa shape index (κ3) is 4.89. The fraction of sp³-hybridized carbons (Fsp3) is 0.250. The molecular formula is C16H18N2O3. The van der Waals surface area contributed by atoms with Gasteiger partial charge < -0.3 is 15.1 Å². The maximum atomic E-state index is 11.8. The normalized spacial score (nSPS) is 10.3. The van der Waals surface area contributed by atoms with E-state index in [1.807, 2.05) is 12.1 Å². The minimum absolute atomic E-state index is 0.0220. The Morgan fingerprint density at radius 3 is 2.76 bits per heavy atom. The van der Waals surface area contributed by atoms with E-state index in [0.29, 0.717) is 30.8 Å². The summed E-state index contributed by atoms with van der Waals surface area (Å²) in [5.41, 5.74) is 1.22. The summed E-state index contributed by atoms with van der Waals surface area (Å²) < 4.78 is 5.18. The Kier molecular flexibility index (Phi) is 5.29. The van der Waals surface area contributed by atoms with Gasteiger partial charge in [-0.3, -0.25) is 9.59 Å². The molecule has 2 N–H and O–H groups in total. The van der Waals surface area contributed by atoms with Gasteiger partial charge in [-0.05, 0) is 31.2 Å². The lowest BCUT2D eigenvalue weighted by molar-refractivity contribution is -0.116. The van der Waals surface area contributed by atoms with Crippen molar-refractivity contribution in [3.63, 3.8) is 0 Å². The molecule has 5 nitrogen and oxygen atoms in total. The molecule has 1 amide bonds. The van der Waals surface area contributed by atoms with E-state index in [9.17, 15) is 9.59 Å². The predicted molar refractivity (Wildman–Crippen MR) is 80.1 cm³/mol. The molecule has 0 fully saturated rings. The third-order valence-corrected chi connectivity index (χ3v) is 2.96. The Morgan fingerprint density at radius 2 is 2.05 bits per heavy atom. The number of carbonyl (C=O) groups is 2. The van der Waals surface area contributed by atoms with Gasteiger partial charge in [-0.25, -0.2) is 0 Å². The lowest BCUT2D eigenvalue weighted by Crippen LogP contribution is -2.21. The minimum atomic E-state index is -0.0948. The highest BCUT2D eigenvalue weighted by atomic mass is 16.3. The van der Waals surface area contributed by atoms with E-state index in [4.69, 9.17) is 4.42 Å². The van der Waals surface area contributed by atoms with Gasteiger partial charge in [-0.2, -0.15) is 0 Å². The highest BCUT2D eigenvalue weighted by Crippen LogP contribution is 2.11. The summed E-state index contributed by atoms with van der Waals surface area (Å²) in [4.78, 5) is 23.1. The number of hydrogen-bond donors (Lipinski definition) is 2. The number of rotatable bonds is 7. The first kappa shape index (κ1) is 15.0. The summed E-state index contributed by atoms with van der Waals surface area (Å²) in [6.45, 7) is 2.65. The number of anilines is 1. The molecule has 0 radical (unpaired) electrons. The summed E-state index contributed by atoms with van der Waals surface area (Å²) in [6, 6.07) is 10.6. The van der Waals surface area contributed by atoms with Crippen molar-refractivity contribution in [2.45, 2.75) is 19.9 Å². The van der Waals surface area contributed by atoms with Gasteiger partial charge >= 0.3 is 0 Å². The summed E-state index contributed by atoms with van der Waals surface area (Å²) in [5, 5.41) is 5.90. The van der Waals surface area contributed by atoms with Crippen LogP contribution in [0, 0.1) is 0 Å². The number of carbonyl (C=O) groups excluding carboxylic acids is 2. The second-order valence-electron chi connectivity index (χ2n) is 4.69. The van der Waals surface area contributed by atoms with Gasteiger partial charge in [0, 0.05) is 24.2 Å². The predicted octanol–water partition coefficient (Wildman–Crippen LogP) is 2.60. The van der Waals surface area contributed by atoms with Crippen LogP contribution in [-0.2, 0) is 11.3 Å². The average Bonchev–Trinajstić information content (AvgIpc) is 2.97. The Balaban J connectivity index is 1.74. The number of Topliss-reactive ketones (excluding diaryl/α,β-unsaturated/α-hetero) is 1. The third-order valence-electron chi connectivity index (χ3n) is 2.96. The van der Waals surface area contributed by atoms with Crippen LogP contribution in [0.15, 0.2) is 47.1 Å². The monoisotopic (exact) mass is 286 g/mol. The molecule has 0 bridgehead atoms. The first-order valence-electron chi connectivity index (χ1n) is 6.79.